The van der Waals surface area contributed by atoms with E-state index in [2.05, 4.69) is 24.1 Å². The molecule has 2 nitrogen and oxygen atoms in total. The first-order valence-corrected chi connectivity index (χ1v) is 11.9. The van der Waals surface area contributed by atoms with Gasteiger partial charge >= 0.3 is 0 Å². The SMILES string of the molecule is CCCCCCCCCCC/C=N\N=C/CCCCCCCCCCC. The van der Waals surface area contributed by atoms with Crippen molar-refractivity contribution < 1.29 is 0 Å². The van der Waals surface area contributed by atoms with Crippen molar-refractivity contribution in [3.8, 4) is 0 Å². The van der Waals surface area contributed by atoms with Crippen molar-refractivity contribution in [3.05, 3.63) is 0 Å². The predicted octanol–water partition coefficient (Wildman–Crippen LogP) is 8.88. The first kappa shape index (κ1) is 25.3. The lowest BCUT2D eigenvalue weighted by Gasteiger charge is -2.00. The summed E-state index contributed by atoms with van der Waals surface area (Å²) >= 11 is 0. The van der Waals surface area contributed by atoms with Crippen LogP contribution in [0.25, 0.3) is 0 Å². The molecule has 0 saturated heterocycles. The zero-order chi connectivity index (χ0) is 19.0. The standard InChI is InChI=1S/C24H48N2/c1-3-5-7-9-11-13-15-17-19-21-23-25-26-24-22-20-18-16-14-12-10-8-6-4-2/h23-24H,3-22H2,1-2H3/b25-23-,26-24-. The molecular weight excluding hydrogens is 316 g/mol. The molecule has 0 atom stereocenters. The minimum absolute atomic E-state index is 1.09. The number of nitrogens with zero attached hydrogens (tertiary/aromatic N) is 2. The fourth-order valence-electron chi connectivity index (χ4n) is 3.30. The van der Waals surface area contributed by atoms with E-state index in [9.17, 15) is 0 Å². The quantitative estimate of drug-likeness (QED) is 0.110. The van der Waals surface area contributed by atoms with Gasteiger partial charge < -0.3 is 0 Å². The Morgan fingerprint density at radius 1 is 0.385 bits per heavy atom. The lowest BCUT2D eigenvalue weighted by Crippen LogP contribution is -1.83. The van der Waals surface area contributed by atoms with Gasteiger partial charge in [-0.3, -0.25) is 0 Å². The van der Waals surface area contributed by atoms with Crippen molar-refractivity contribution in [2.45, 2.75) is 142 Å². The van der Waals surface area contributed by atoms with Crippen LogP contribution in [0, 0.1) is 0 Å². The van der Waals surface area contributed by atoms with Gasteiger partial charge in [0.05, 0.1) is 0 Å². The van der Waals surface area contributed by atoms with Crippen molar-refractivity contribution in [2.75, 3.05) is 0 Å². The minimum Gasteiger partial charge on any atom is -0.164 e. The van der Waals surface area contributed by atoms with Crippen molar-refractivity contribution in [1.82, 2.24) is 0 Å². The van der Waals surface area contributed by atoms with Crippen LogP contribution in [0.4, 0.5) is 0 Å². The Labute approximate surface area is 165 Å². The van der Waals surface area contributed by atoms with E-state index in [4.69, 9.17) is 0 Å². The highest BCUT2D eigenvalue weighted by molar-refractivity contribution is 5.61. The van der Waals surface area contributed by atoms with Crippen LogP contribution in [0.3, 0.4) is 0 Å². The molecule has 2 heteroatoms. The summed E-state index contributed by atoms with van der Waals surface area (Å²) in [6.07, 6.45) is 31.1. The van der Waals surface area contributed by atoms with Gasteiger partial charge in [-0.15, -0.1) is 0 Å². The van der Waals surface area contributed by atoms with Gasteiger partial charge in [-0.2, -0.15) is 10.2 Å². The summed E-state index contributed by atoms with van der Waals surface area (Å²) in [6.45, 7) is 4.56. The third kappa shape index (κ3) is 23.3. The average Bonchev–Trinajstić information content (AvgIpc) is 2.66. The molecule has 0 aromatic carbocycles. The summed E-state index contributed by atoms with van der Waals surface area (Å²) < 4.78 is 0. The van der Waals surface area contributed by atoms with Gasteiger partial charge in [-0.1, -0.05) is 117 Å². The van der Waals surface area contributed by atoms with Crippen LogP contribution in [0.2, 0.25) is 0 Å². The molecule has 0 bridgehead atoms. The molecule has 0 aromatic rings. The lowest BCUT2D eigenvalue weighted by atomic mass is 10.1. The molecule has 0 amide bonds. The average molecular weight is 365 g/mol. The second-order valence-electron chi connectivity index (χ2n) is 7.83. The monoisotopic (exact) mass is 364 g/mol. The Balaban J connectivity index is 3.15. The molecule has 0 saturated carbocycles. The molecule has 0 fully saturated rings. The van der Waals surface area contributed by atoms with E-state index in [1.54, 1.807) is 0 Å². The summed E-state index contributed by atoms with van der Waals surface area (Å²) in [5, 5.41) is 8.32. The minimum atomic E-state index is 1.09. The van der Waals surface area contributed by atoms with E-state index in [0.717, 1.165) is 12.8 Å². The molecule has 26 heavy (non-hydrogen) atoms. The molecule has 0 aliphatic heterocycles. The molecule has 0 radical (unpaired) electrons. The Morgan fingerprint density at radius 2 is 0.654 bits per heavy atom. The Bertz CT molecular complexity index is 267. The highest BCUT2D eigenvalue weighted by atomic mass is 15.2. The van der Waals surface area contributed by atoms with Crippen molar-refractivity contribution in [1.29, 1.82) is 0 Å². The third-order valence-corrected chi connectivity index (χ3v) is 5.10. The van der Waals surface area contributed by atoms with E-state index in [1.165, 1.54) is 116 Å². The van der Waals surface area contributed by atoms with E-state index in [0.29, 0.717) is 0 Å². The highest BCUT2D eigenvalue weighted by Gasteiger charge is 1.92. The van der Waals surface area contributed by atoms with Crippen LogP contribution in [-0.2, 0) is 0 Å². The van der Waals surface area contributed by atoms with Crippen molar-refractivity contribution in [2.24, 2.45) is 10.2 Å². The zero-order valence-corrected chi connectivity index (χ0v) is 18.2. The summed E-state index contributed by atoms with van der Waals surface area (Å²) in [5.41, 5.74) is 0. The predicted molar refractivity (Wildman–Crippen MR) is 121 cm³/mol. The summed E-state index contributed by atoms with van der Waals surface area (Å²) in [7, 11) is 0. The fourth-order valence-corrected chi connectivity index (χ4v) is 3.30. The summed E-state index contributed by atoms with van der Waals surface area (Å²) in [5.74, 6) is 0. The maximum atomic E-state index is 4.16. The second kappa shape index (κ2) is 24.3. The molecule has 0 aromatic heterocycles. The van der Waals surface area contributed by atoms with E-state index < -0.39 is 0 Å². The molecule has 0 rings (SSSR count). The fraction of sp³-hybridized carbons (Fsp3) is 0.917. The van der Waals surface area contributed by atoms with Gasteiger partial charge in [0, 0.05) is 12.4 Å². The number of unbranched alkanes of at least 4 members (excludes halogenated alkanes) is 18. The van der Waals surface area contributed by atoms with Gasteiger partial charge in [-0.25, -0.2) is 0 Å². The first-order chi connectivity index (χ1) is 12.9. The molecule has 0 unspecified atom stereocenters. The molecule has 154 valence electrons. The van der Waals surface area contributed by atoms with Crippen LogP contribution in [0.5, 0.6) is 0 Å². The lowest BCUT2D eigenvalue weighted by molar-refractivity contribution is 0.568. The molecule has 0 heterocycles. The van der Waals surface area contributed by atoms with Gasteiger partial charge in [0.15, 0.2) is 0 Å². The van der Waals surface area contributed by atoms with E-state index >= 15 is 0 Å². The normalized spacial score (nSPS) is 11.9. The van der Waals surface area contributed by atoms with Gasteiger partial charge in [0.2, 0.25) is 0 Å². The summed E-state index contributed by atoms with van der Waals surface area (Å²) in [6, 6.07) is 0. The Kier molecular flexibility index (Phi) is 23.7. The topological polar surface area (TPSA) is 24.7 Å². The summed E-state index contributed by atoms with van der Waals surface area (Å²) in [4.78, 5) is 0. The van der Waals surface area contributed by atoms with Gasteiger partial charge in [0.25, 0.3) is 0 Å². The van der Waals surface area contributed by atoms with Crippen LogP contribution in [0.1, 0.15) is 142 Å². The van der Waals surface area contributed by atoms with Crippen LogP contribution in [0.15, 0.2) is 10.2 Å². The smallest absolute Gasteiger partial charge is 0.0270 e. The van der Waals surface area contributed by atoms with Crippen molar-refractivity contribution >= 4 is 12.4 Å². The number of rotatable bonds is 21. The highest BCUT2D eigenvalue weighted by Crippen LogP contribution is 2.11. The molecule has 0 aliphatic rings. The van der Waals surface area contributed by atoms with Gasteiger partial charge in [-0.05, 0) is 25.7 Å². The van der Waals surface area contributed by atoms with Crippen molar-refractivity contribution in [3.63, 3.8) is 0 Å². The van der Waals surface area contributed by atoms with Gasteiger partial charge in [0.1, 0.15) is 0 Å². The zero-order valence-electron chi connectivity index (χ0n) is 18.2. The number of hydrogen-bond acceptors (Lipinski definition) is 2. The molecule has 0 spiro atoms. The Hall–Kier alpha value is -0.660. The molecule has 0 N–H and O–H groups in total. The van der Waals surface area contributed by atoms with Crippen LogP contribution < -0.4 is 0 Å². The van der Waals surface area contributed by atoms with E-state index in [1.807, 2.05) is 12.4 Å². The second-order valence-corrected chi connectivity index (χ2v) is 7.83. The van der Waals surface area contributed by atoms with E-state index in [-0.39, 0.29) is 0 Å². The Morgan fingerprint density at radius 3 is 0.962 bits per heavy atom. The first-order valence-electron chi connectivity index (χ1n) is 11.9. The molecule has 0 aliphatic carbocycles. The molecular formula is C24H48N2. The maximum Gasteiger partial charge on any atom is 0.0270 e. The van der Waals surface area contributed by atoms with Crippen LogP contribution >= 0.6 is 0 Å². The largest absolute Gasteiger partial charge is 0.164 e. The number of hydrogen-bond donors (Lipinski definition) is 0. The maximum absolute atomic E-state index is 4.16. The third-order valence-electron chi connectivity index (χ3n) is 5.10. The van der Waals surface area contributed by atoms with Crippen LogP contribution in [-0.4, -0.2) is 12.4 Å².